The number of rotatable bonds is 4. The number of amides is 1. The lowest BCUT2D eigenvalue weighted by atomic mass is 9.88. The van der Waals surface area contributed by atoms with Crippen molar-refractivity contribution in [2.75, 3.05) is 12.4 Å². The summed E-state index contributed by atoms with van der Waals surface area (Å²) in [5, 5.41) is 13.2. The molecule has 1 atom stereocenters. The van der Waals surface area contributed by atoms with Crippen molar-refractivity contribution in [3.05, 3.63) is 68.9 Å². The van der Waals surface area contributed by atoms with Gasteiger partial charge in [-0.15, -0.1) is 11.3 Å². The first-order valence-corrected chi connectivity index (χ1v) is 9.77. The summed E-state index contributed by atoms with van der Waals surface area (Å²) in [6.07, 6.45) is 0.250. The van der Waals surface area contributed by atoms with E-state index in [-0.39, 0.29) is 23.1 Å². The number of carboxylic acids is 1. The second-order valence-corrected chi connectivity index (χ2v) is 7.93. The molecule has 0 saturated heterocycles. The molecule has 1 aliphatic heterocycles. The van der Waals surface area contributed by atoms with Crippen LogP contribution in [0.1, 0.15) is 32.5 Å². The zero-order chi connectivity index (χ0) is 19.8. The molecule has 2 N–H and O–H groups in total. The van der Waals surface area contributed by atoms with Crippen LogP contribution in [0.15, 0.2) is 48.5 Å². The van der Waals surface area contributed by atoms with E-state index >= 15 is 0 Å². The van der Waals surface area contributed by atoms with Crippen LogP contribution < -0.4 is 10.1 Å². The topological polar surface area (TPSA) is 75.6 Å². The van der Waals surface area contributed by atoms with Crippen molar-refractivity contribution in [2.45, 2.75) is 12.3 Å². The van der Waals surface area contributed by atoms with E-state index in [1.165, 1.54) is 11.3 Å². The van der Waals surface area contributed by atoms with E-state index in [2.05, 4.69) is 5.32 Å². The predicted octanol–water partition coefficient (Wildman–Crippen LogP) is 5.25. The molecule has 0 radical (unpaired) electrons. The molecule has 0 fully saturated rings. The van der Waals surface area contributed by atoms with Gasteiger partial charge >= 0.3 is 5.97 Å². The van der Waals surface area contributed by atoms with Crippen LogP contribution in [0.4, 0.5) is 5.69 Å². The van der Waals surface area contributed by atoms with Gasteiger partial charge in [0, 0.05) is 27.8 Å². The highest BCUT2D eigenvalue weighted by Gasteiger charge is 2.34. The third kappa shape index (κ3) is 3.25. The van der Waals surface area contributed by atoms with Gasteiger partial charge in [0.15, 0.2) is 0 Å². The fourth-order valence-electron chi connectivity index (χ4n) is 3.46. The number of nitrogens with one attached hydrogen (secondary N) is 1. The molecule has 0 saturated carbocycles. The second kappa shape index (κ2) is 7.30. The Morgan fingerprint density at radius 2 is 2.00 bits per heavy atom. The van der Waals surface area contributed by atoms with E-state index < -0.39 is 5.97 Å². The molecule has 2 aromatic carbocycles. The van der Waals surface area contributed by atoms with Crippen LogP contribution in [-0.2, 0) is 4.79 Å². The van der Waals surface area contributed by atoms with Gasteiger partial charge in [0.05, 0.1) is 12.8 Å². The van der Waals surface area contributed by atoms with Crippen molar-refractivity contribution >= 4 is 40.5 Å². The Hall–Kier alpha value is -2.83. The molecule has 2 heterocycles. The van der Waals surface area contributed by atoms with Crippen molar-refractivity contribution in [3.8, 4) is 16.9 Å². The van der Waals surface area contributed by atoms with Gasteiger partial charge in [-0.1, -0.05) is 35.9 Å². The molecule has 3 aromatic rings. The van der Waals surface area contributed by atoms with Crippen LogP contribution >= 0.6 is 22.9 Å². The molecule has 4 rings (SSSR count). The zero-order valence-electron chi connectivity index (χ0n) is 14.9. The number of thiophene rings is 1. The van der Waals surface area contributed by atoms with Crippen molar-refractivity contribution in [2.24, 2.45) is 0 Å². The second-order valence-electron chi connectivity index (χ2n) is 6.44. The van der Waals surface area contributed by atoms with Crippen LogP contribution in [0.3, 0.4) is 0 Å². The SMILES string of the molecule is COc1cccc([C@H]2CC(=O)Nc3c2sc(C(=O)O)c3-c2ccc(Cl)cc2)c1. The number of fused-ring (bicyclic) bond motifs is 1. The number of carboxylic acid groups (broad SMARTS) is 1. The Morgan fingerprint density at radius 1 is 1.25 bits per heavy atom. The first-order chi connectivity index (χ1) is 13.5. The lowest BCUT2D eigenvalue weighted by Gasteiger charge is -2.24. The maximum absolute atomic E-state index is 12.5. The van der Waals surface area contributed by atoms with Crippen molar-refractivity contribution in [1.29, 1.82) is 0 Å². The highest BCUT2D eigenvalue weighted by molar-refractivity contribution is 7.15. The summed E-state index contributed by atoms with van der Waals surface area (Å²) in [7, 11) is 1.59. The predicted molar refractivity (Wildman–Crippen MR) is 110 cm³/mol. The smallest absolute Gasteiger partial charge is 0.346 e. The van der Waals surface area contributed by atoms with Gasteiger partial charge in [0.2, 0.25) is 5.91 Å². The van der Waals surface area contributed by atoms with Crippen LogP contribution in [0.2, 0.25) is 5.02 Å². The van der Waals surface area contributed by atoms with Crippen LogP contribution in [0, 0.1) is 0 Å². The number of ether oxygens (including phenoxy) is 1. The fourth-order valence-corrected chi connectivity index (χ4v) is 4.83. The number of halogens is 1. The third-order valence-corrected chi connectivity index (χ3v) is 6.27. The van der Waals surface area contributed by atoms with Gasteiger partial charge in [0.1, 0.15) is 10.6 Å². The highest BCUT2D eigenvalue weighted by atomic mass is 35.5. The number of carbonyl (C=O) groups is 2. The number of hydrogen-bond donors (Lipinski definition) is 2. The molecule has 5 nitrogen and oxygen atoms in total. The Balaban J connectivity index is 1.92. The monoisotopic (exact) mass is 413 g/mol. The van der Waals surface area contributed by atoms with Gasteiger partial charge < -0.3 is 15.2 Å². The molecule has 0 aliphatic carbocycles. The summed E-state index contributed by atoms with van der Waals surface area (Å²) in [5.41, 5.74) is 2.70. The molecule has 0 spiro atoms. The molecule has 0 unspecified atom stereocenters. The lowest BCUT2D eigenvalue weighted by Crippen LogP contribution is -2.22. The van der Waals surface area contributed by atoms with E-state index in [0.717, 1.165) is 10.4 Å². The van der Waals surface area contributed by atoms with Crippen LogP contribution in [-0.4, -0.2) is 24.1 Å². The summed E-state index contributed by atoms with van der Waals surface area (Å²) >= 11 is 7.18. The first kappa shape index (κ1) is 18.5. The molecule has 142 valence electrons. The number of hydrogen-bond acceptors (Lipinski definition) is 4. The van der Waals surface area contributed by atoms with Gasteiger partial charge in [0.25, 0.3) is 0 Å². The number of aromatic carboxylic acids is 1. The Kier molecular flexibility index (Phi) is 4.83. The van der Waals surface area contributed by atoms with Gasteiger partial charge in [-0.25, -0.2) is 4.79 Å². The average Bonchev–Trinajstić information content (AvgIpc) is 3.07. The molecule has 0 bridgehead atoms. The van der Waals surface area contributed by atoms with Gasteiger partial charge in [-0.3, -0.25) is 4.79 Å². The van der Waals surface area contributed by atoms with Gasteiger partial charge in [-0.05, 0) is 35.4 Å². The quantitative estimate of drug-likeness (QED) is 0.612. The molecule has 1 aromatic heterocycles. The largest absolute Gasteiger partial charge is 0.497 e. The molecular formula is C21H16ClNO4S. The Morgan fingerprint density at radius 3 is 2.68 bits per heavy atom. The van der Waals surface area contributed by atoms with E-state index in [9.17, 15) is 14.7 Å². The lowest BCUT2D eigenvalue weighted by molar-refractivity contribution is -0.116. The zero-order valence-corrected chi connectivity index (χ0v) is 16.4. The summed E-state index contributed by atoms with van der Waals surface area (Å²) < 4.78 is 5.30. The molecule has 7 heteroatoms. The molecule has 28 heavy (non-hydrogen) atoms. The van der Waals surface area contributed by atoms with E-state index in [4.69, 9.17) is 16.3 Å². The summed E-state index contributed by atoms with van der Waals surface area (Å²) in [6, 6.07) is 14.5. The maximum atomic E-state index is 12.5. The molecule has 1 amide bonds. The number of anilines is 1. The third-order valence-electron chi connectivity index (χ3n) is 4.73. The minimum absolute atomic E-state index is 0.148. The minimum Gasteiger partial charge on any atom is -0.497 e. The Labute approximate surface area is 170 Å². The summed E-state index contributed by atoms with van der Waals surface area (Å²) in [6.45, 7) is 0. The van der Waals surface area contributed by atoms with Crippen molar-refractivity contribution in [1.82, 2.24) is 0 Å². The number of benzene rings is 2. The van der Waals surface area contributed by atoms with Crippen molar-refractivity contribution < 1.29 is 19.4 Å². The van der Waals surface area contributed by atoms with Crippen LogP contribution in [0.5, 0.6) is 5.75 Å². The first-order valence-electron chi connectivity index (χ1n) is 8.57. The van der Waals surface area contributed by atoms with Crippen LogP contribution in [0.25, 0.3) is 11.1 Å². The summed E-state index contributed by atoms with van der Waals surface area (Å²) in [4.78, 5) is 25.5. The van der Waals surface area contributed by atoms with Gasteiger partial charge in [-0.2, -0.15) is 0 Å². The average molecular weight is 414 g/mol. The normalized spacial score (nSPS) is 15.6. The minimum atomic E-state index is -1.03. The maximum Gasteiger partial charge on any atom is 0.346 e. The molecule has 1 aliphatic rings. The number of carbonyl (C=O) groups excluding carboxylic acids is 1. The van der Waals surface area contributed by atoms with E-state index in [1.807, 2.05) is 24.3 Å². The molecular weight excluding hydrogens is 398 g/mol. The summed E-state index contributed by atoms with van der Waals surface area (Å²) in [5.74, 6) is -0.714. The number of methoxy groups -OCH3 is 1. The standard InChI is InChI=1S/C21H16ClNO4S/c1-27-14-4-2-3-12(9-14)15-10-16(24)23-18-17(11-5-7-13(22)8-6-11)20(21(25)26)28-19(15)18/h2-9,15H,10H2,1H3,(H,23,24)(H,25,26)/t15-/m1/s1. The fraction of sp³-hybridized carbons (Fsp3) is 0.143. The van der Waals surface area contributed by atoms with Crippen molar-refractivity contribution in [3.63, 3.8) is 0 Å². The highest BCUT2D eigenvalue weighted by Crippen LogP contribution is 2.49. The Bertz CT molecular complexity index is 1070. The van der Waals surface area contributed by atoms with E-state index in [1.54, 1.807) is 31.4 Å². The van der Waals surface area contributed by atoms with E-state index in [0.29, 0.717) is 27.6 Å².